The third kappa shape index (κ3) is 19.1. The van der Waals surface area contributed by atoms with E-state index in [0.29, 0.717) is 0 Å². The van der Waals surface area contributed by atoms with E-state index in [2.05, 4.69) is 27.7 Å². The molecule has 0 rings (SSSR count). The fraction of sp³-hybridized carbons (Fsp3) is 1.00. The molecule has 0 bridgehead atoms. The summed E-state index contributed by atoms with van der Waals surface area (Å²) in [5.74, 6) is 2.03. The standard InChI is InChI=1S/C27H56/c1-5-9-12-15-18-21-24-27(23-20-17-14-11-7-3)25-26(8-4)22-19-16-13-10-6-2/h26-27H,5-25H2,1-4H3. The minimum Gasteiger partial charge on any atom is -0.0654 e. The Balaban J connectivity index is 4.13. The van der Waals surface area contributed by atoms with E-state index < -0.39 is 0 Å². The molecular formula is C27H56. The average Bonchev–Trinajstić information content (AvgIpc) is 2.68. The second kappa shape index (κ2) is 22.3. The van der Waals surface area contributed by atoms with Crippen molar-refractivity contribution in [2.24, 2.45) is 11.8 Å². The first-order valence-corrected chi connectivity index (χ1v) is 13.3. The molecule has 164 valence electrons. The van der Waals surface area contributed by atoms with Gasteiger partial charge in [0.15, 0.2) is 0 Å². The van der Waals surface area contributed by atoms with Gasteiger partial charge in [-0.3, -0.25) is 0 Å². The molecule has 2 atom stereocenters. The van der Waals surface area contributed by atoms with Gasteiger partial charge in [-0.25, -0.2) is 0 Å². The summed E-state index contributed by atoms with van der Waals surface area (Å²) in [5.41, 5.74) is 0. The lowest BCUT2D eigenvalue weighted by atomic mass is 9.83. The highest BCUT2D eigenvalue weighted by atomic mass is 14.2. The van der Waals surface area contributed by atoms with Crippen molar-refractivity contribution in [2.75, 3.05) is 0 Å². The summed E-state index contributed by atoms with van der Waals surface area (Å²) in [6.07, 6.45) is 30.7. The molecule has 0 aliphatic carbocycles. The minimum absolute atomic E-state index is 1.01. The molecule has 0 aliphatic rings. The van der Waals surface area contributed by atoms with E-state index in [1.807, 2.05) is 0 Å². The number of hydrogen-bond acceptors (Lipinski definition) is 0. The third-order valence-electron chi connectivity index (χ3n) is 6.64. The van der Waals surface area contributed by atoms with Crippen LogP contribution < -0.4 is 0 Å². The Bertz CT molecular complexity index is 257. The van der Waals surface area contributed by atoms with Gasteiger partial charge in [0.25, 0.3) is 0 Å². The maximum atomic E-state index is 2.44. The summed E-state index contributed by atoms with van der Waals surface area (Å²) in [6.45, 7) is 9.41. The zero-order chi connectivity index (χ0) is 20.0. The maximum absolute atomic E-state index is 2.44. The molecule has 0 spiro atoms. The largest absolute Gasteiger partial charge is 0.0654 e. The lowest BCUT2D eigenvalue weighted by Crippen LogP contribution is -2.09. The lowest BCUT2D eigenvalue weighted by molar-refractivity contribution is 0.293. The van der Waals surface area contributed by atoms with Crippen LogP contribution >= 0.6 is 0 Å². The number of unbranched alkanes of at least 4 members (excludes halogenated alkanes) is 13. The van der Waals surface area contributed by atoms with Crippen LogP contribution in [0.2, 0.25) is 0 Å². The average molecular weight is 381 g/mol. The summed E-state index contributed by atoms with van der Waals surface area (Å²) in [7, 11) is 0. The Kier molecular flexibility index (Phi) is 22.3. The van der Waals surface area contributed by atoms with Crippen LogP contribution in [0.4, 0.5) is 0 Å². The van der Waals surface area contributed by atoms with Crippen molar-refractivity contribution in [3.63, 3.8) is 0 Å². The van der Waals surface area contributed by atoms with Crippen molar-refractivity contribution in [3.05, 3.63) is 0 Å². The zero-order valence-electron chi connectivity index (χ0n) is 20.0. The number of rotatable bonds is 22. The molecule has 27 heavy (non-hydrogen) atoms. The van der Waals surface area contributed by atoms with E-state index >= 15 is 0 Å². The van der Waals surface area contributed by atoms with Crippen LogP contribution in [0.5, 0.6) is 0 Å². The van der Waals surface area contributed by atoms with E-state index in [1.54, 1.807) is 0 Å². The van der Waals surface area contributed by atoms with Crippen LogP contribution in [0.1, 0.15) is 163 Å². The Morgan fingerprint density at radius 2 is 0.704 bits per heavy atom. The van der Waals surface area contributed by atoms with Crippen molar-refractivity contribution in [1.82, 2.24) is 0 Å². The Hall–Kier alpha value is 0. The molecule has 0 aliphatic heterocycles. The Morgan fingerprint density at radius 1 is 0.370 bits per heavy atom. The van der Waals surface area contributed by atoms with Crippen molar-refractivity contribution in [1.29, 1.82) is 0 Å². The molecule has 0 aromatic rings. The molecular weight excluding hydrogens is 324 g/mol. The van der Waals surface area contributed by atoms with Crippen molar-refractivity contribution < 1.29 is 0 Å². The van der Waals surface area contributed by atoms with E-state index in [1.165, 1.54) is 135 Å². The molecule has 0 fully saturated rings. The van der Waals surface area contributed by atoms with Gasteiger partial charge in [-0.15, -0.1) is 0 Å². The predicted molar refractivity (Wildman–Crippen MR) is 127 cm³/mol. The summed E-state index contributed by atoms with van der Waals surface area (Å²) < 4.78 is 0. The van der Waals surface area contributed by atoms with Crippen LogP contribution in [0.25, 0.3) is 0 Å². The van der Waals surface area contributed by atoms with Gasteiger partial charge in [-0.05, 0) is 18.3 Å². The van der Waals surface area contributed by atoms with Gasteiger partial charge in [-0.2, -0.15) is 0 Å². The van der Waals surface area contributed by atoms with Gasteiger partial charge in [0.2, 0.25) is 0 Å². The highest BCUT2D eigenvalue weighted by Gasteiger charge is 2.15. The smallest absolute Gasteiger partial charge is 0.0412 e. The molecule has 0 radical (unpaired) electrons. The third-order valence-corrected chi connectivity index (χ3v) is 6.64. The Labute approximate surface area is 174 Å². The normalized spacial score (nSPS) is 13.8. The summed E-state index contributed by atoms with van der Waals surface area (Å²) in [4.78, 5) is 0. The number of hydrogen-bond donors (Lipinski definition) is 0. The van der Waals surface area contributed by atoms with Gasteiger partial charge in [0.1, 0.15) is 0 Å². The molecule has 0 amide bonds. The van der Waals surface area contributed by atoms with Crippen LogP contribution in [0.15, 0.2) is 0 Å². The highest BCUT2D eigenvalue weighted by molar-refractivity contribution is 4.68. The van der Waals surface area contributed by atoms with Crippen LogP contribution in [-0.2, 0) is 0 Å². The quantitative estimate of drug-likeness (QED) is 0.164. The maximum Gasteiger partial charge on any atom is -0.0412 e. The second-order valence-electron chi connectivity index (χ2n) is 9.34. The van der Waals surface area contributed by atoms with Gasteiger partial charge in [0, 0.05) is 0 Å². The second-order valence-corrected chi connectivity index (χ2v) is 9.34. The van der Waals surface area contributed by atoms with Crippen LogP contribution in [0, 0.1) is 11.8 Å². The molecule has 0 heteroatoms. The fourth-order valence-corrected chi connectivity index (χ4v) is 4.63. The summed E-state index contributed by atoms with van der Waals surface area (Å²) in [5, 5.41) is 0. The molecule has 0 aromatic heterocycles. The minimum atomic E-state index is 1.01. The molecule has 0 saturated carbocycles. The van der Waals surface area contributed by atoms with Gasteiger partial charge < -0.3 is 0 Å². The predicted octanol–water partition coefficient (Wildman–Crippen LogP) is 10.5. The van der Waals surface area contributed by atoms with Crippen LogP contribution in [-0.4, -0.2) is 0 Å². The first-order valence-electron chi connectivity index (χ1n) is 13.3. The van der Waals surface area contributed by atoms with E-state index in [9.17, 15) is 0 Å². The SMILES string of the molecule is CCCCCCCCC(CCCCCCC)CC(CC)CCCCCCC. The van der Waals surface area contributed by atoms with Gasteiger partial charge in [-0.1, -0.05) is 156 Å². The molecule has 0 N–H and O–H groups in total. The summed E-state index contributed by atoms with van der Waals surface area (Å²) >= 11 is 0. The van der Waals surface area contributed by atoms with E-state index in [0.717, 1.165) is 11.8 Å². The first-order chi connectivity index (χ1) is 13.3. The summed E-state index contributed by atoms with van der Waals surface area (Å²) in [6, 6.07) is 0. The molecule has 2 unspecified atom stereocenters. The molecule has 0 aromatic carbocycles. The van der Waals surface area contributed by atoms with E-state index in [4.69, 9.17) is 0 Å². The monoisotopic (exact) mass is 380 g/mol. The topological polar surface area (TPSA) is 0 Å². The van der Waals surface area contributed by atoms with Gasteiger partial charge in [0.05, 0.1) is 0 Å². The van der Waals surface area contributed by atoms with Crippen molar-refractivity contribution in [2.45, 2.75) is 163 Å². The Morgan fingerprint density at radius 3 is 1.07 bits per heavy atom. The highest BCUT2D eigenvalue weighted by Crippen LogP contribution is 2.29. The van der Waals surface area contributed by atoms with Crippen LogP contribution in [0.3, 0.4) is 0 Å². The zero-order valence-corrected chi connectivity index (χ0v) is 20.0. The molecule has 0 heterocycles. The first kappa shape index (κ1) is 27.0. The van der Waals surface area contributed by atoms with Crippen molar-refractivity contribution >= 4 is 0 Å². The van der Waals surface area contributed by atoms with E-state index in [-0.39, 0.29) is 0 Å². The van der Waals surface area contributed by atoms with Crippen molar-refractivity contribution in [3.8, 4) is 0 Å². The fourth-order valence-electron chi connectivity index (χ4n) is 4.63. The molecule has 0 nitrogen and oxygen atoms in total. The molecule has 0 saturated heterocycles. The lowest BCUT2D eigenvalue weighted by Gasteiger charge is -2.23. The van der Waals surface area contributed by atoms with Gasteiger partial charge >= 0.3 is 0 Å².